The number of hydrogen-bond donors (Lipinski definition) is 1. The molecule has 9 aromatic rings. The van der Waals surface area contributed by atoms with E-state index in [1.54, 1.807) is 6.08 Å². The van der Waals surface area contributed by atoms with E-state index in [0.717, 1.165) is 60.1 Å². The number of unbranched alkanes of at least 4 members (excludes halogenated alkanes) is 1. The van der Waals surface area contributed by atoms with Crippen LogP contribution in [-0.4, -0.2) is 15.7 Å². The largest absolute Gasteiger partial charge is 0.330 e. The van der Waals surface area contributed by atoms with Crippen LogP contribution >= 0.6 is 0 Å². The van der Waals surface area contributed by atoms with Crippen LogP contribution in [-0.2, 0) is 0 Å². The van der Waals surface area contributed by atoms with Crippen molar-refractivity contribution in [2.24, 2.45) is 11.7 Å². The van der Waals surface area contributed by atoms with Crippen LogP contribution in [0.5, 0.6) is 0 Å². The van der Waals surface area contributed by atoms with Gasteiger partial charge in [0.05, 0.1) is 22.1 Å². The zero-order valence-corrected chi connectivity index (χ0v) is 42.1. The summed E-state index contributed by atoms with van der Waals surface area (Å²) in [5.74, 6) is 2.98. The van der Waals surface area contributed by atoms with Crippen molar-refractivity contribution in [1.29, 1.82) is 0 Å². The molecule has 10 rings (SSSR count). The van der Waals surface area contributed by atoms with Gasteiger partial charge in [0.1, 0.15) is 0 Å². The molecule has 3 nitrogen and oxygen atoms in total. The van der Waals surface area contributed by atoms with Gasteiger partial charge in [-0.15, -0.1) is 6.42 Å². The average molecular weight is 936 g/mol. The van der Waals surface area contributed by atoms with Crippen molar-refractivity contribution in [3.05, 3.63) is 217 Å². The third-order valence-electron chi connectivity index (χ3n) is 14.8. The number of terminal acetylenes is 1. The fraction of sp³-hybridized carbons (Fsp3) is 0.188. The molecule has 0 saturated heterocycles. The zero-order chi connectivity index (χ0) is 49.4. The summed E-state index contributed by atoms with van der Waals surface area (Å²) in [6, 6.07) is 56.7. The lowest BCUT2D eigenvalue weighted by molar-refractivity contribution is 0.577. The second-order valence-corrected chi connectivity index (χ2v) is 19.2. The summed E-state index contributed by atoms with van der Waals surface area (Å²) in [5, 5.41) is 4.83. The SMILES string of the molecule is C#C/C=C\C(=C/C)n1c2ccc(-c3ccc4c(c3)c3cc(-c5ccccc5/C5=C/C=C\CCCCC5)ccc3n4-c3ccccc3)cc2c2cc(-c3ccccc3/C(=C/C=C\C)C(CN)CCCC)ccc21. The molecule has 0 radical (unpaired) electrons. The standard InChI is InChI=1S/C69H65N3/c1-5-9-25-54(48-70)60(31-11-7-3)61-35-24-23-34-59(61)53-39-42-67-64(47-53)62-44-50(36-40-66(62)71(67)55(8-4)28-10-6-2)51-37-41-68-63(45-51)65-46-52(38-43-69(65)72(68)56-29-19-16-20-30-56)58-33-22-21-32-57(58)49-26-17-14-12-13-15-18-27-49/h2,7-8,10-11,14,16-17,19-24,26,28-47,54H,5,9,12-13,15,18,25,27,48,70H2,1,3-4H3/b11-7-,17-14-,28-10-,49-26+,55-8+,60-31+. The molecule has 0 amide bonds. The van der Waals surface area contributed by atoms with Crippen LogP contribution < -0.4 is 5.73 Å². The molecular formula is C69H65N3. The summed E-state index contributed by atoms with van der Waals surface area (Å²) in [4.78, 5) is 0. The van der Waals surface area contributed by atoms with E-state index in [1.165, 1.54) is 102 Å². The molecule has 1 aliphatic rings. The van der Waals surface area contributed by atoms with Gasteiger partial charge in [0, 0.05) is 32.9 Å². The van der Waals surface area contributed by atoms with E-state index in [9.17, 15) is 0 Å². The van der Waals surface area contributed by atoms with Gasteiger partial charge in [0.25, 0.3) is 0 Å². The summed E-state index contributed by atoms with van der Waals surface area (Å²) in [6.45, 7) is 7.02. The van der Waals surface area contributed by atoms with Crippen LogP contribution in [0.4, 0.5) is 0 Å². The monoisotopic (exact) mass is 936 g/mol. The molecule has 356 valence electrons. The van der Waals surface area contributed by atoms with Crippen molar-refractivity contribution < 1.29 is 0 Å². The Morgan fingerprint density at radius 3 is 1.92 bits per heavy atom. The minimum absolute atomic E-state index is 0.257. The molecule has 0 saturated carbocycles. The first-order valence-corrected chi connectivity index (χ1v) is 26.1. The van der Waals surface area contributed by atoms with E-state index < -0.39 is 0 Å². The molecule has 1 aliphatic carbocycles. The Balaban J connectivity index is 1.16. The molecular weight excluding hydrogens is 871 g/mol. The first-order chi connectivity index (χ1) is 35.5. The van der Waals surface area contributed by atoms with E-state index in [2.05, 4.69) is 230 Å². The Morgan fingerprint density at radius 1 is 0.667 bits per heavy atom. The molecule has 0 fully saturated rings. The summed E-state index contributed by atoms with van der Waals surface area (Å²) in [6.07, 6.45) is 34.6. The number of para-hydroxylation sites is 1. The van der Waals surface area contributed by atoms with Crippen molar-refractivity contribution >= 4 is 60.5 Å². The maximum Gasteiger partial charge on any atom is 0.0541 e. The quantitative estimate of drug-likeness (QED) is 0.0856. The summed E-state index contributed by atoms with van der Waals surface area (Å²) >= 11 is 0. The third kappa shape index (κ3) is 9.39. The molecule has 7 aromatic carbocycles. The first kappa shape index (κ1) is 47.8. The highest BCUT2D eigenvalue weighted by Crippen LogP contribution is 2.43. The number of aromatic nitrogens is 2. The van der Waals surface area contributed by atoms with Gasteiger partial charge in [-0.3, -0.25) is 0 Å². The number of fused-ring (bicyclic) bond motifs is 6. The highest BCUT2D eigenvalue weighted by Gasteiger charge is 2.21. The van der Waals surface area contributed by atoms with Gasteiger partial charge in [0.15, 0.2) is 0 Å². The van der Waals surface area contributed by atoms with Crippen LogP contribution in [0.2, 0.25) is 0 Å². The number of hydrogen-bond acceptors (Lipinski definition) is 1. The second-order valence-electron chi connectivity index (χ2n) is 19.2. The molecule has 0 aliphatic heterocycles. The van der Waals surface area contributed by atoms with Crippen LogP contribution in [0.1, 0.15) is 83.3 Å². The summed E-state index contributed by atoms with van der Waals surface area (Å²) < 4.78 is 4.78. The maximum atomic E-state index is 6.55. The van der Waals surface area contributed by atoms with Crippen molar-refractivity contribution in [1.82, 2.24) is 9.13 Å². The zero-order valence-electron chi connectivity index (χ0n) is 42.1. The van der Waals surface area contributed by atoms with Crippen molar-refractivity contribution in [3.63, 3.8) is 0 Å². The number of allylic oxidation sites excluding steroid dienone is 11. The van der Waals surface area contributed by atoms with Crippen LogP contribution in [0.15, 0.2) is 206 Å². The van der Waals surface area contributed by atoms with Gasteiger partial charge in [-0.1, -0.05) is 166 Å². The molecule has 1 atom stereocenters. The highest BCUT2D eigenvalue weighted by molar-refractivity contribution is 6.14. The number of nitrogens with two attached hydrogens (primary N) is 1. The fourth-order valence-electron chi connectivity index (χ4n) is 11.1. The molecule has 1 unspecified atom stereocenters. The Bertz CT molecular complexity index is 3660. The van der Waals surface area contributed by atoms with Crippen LogP contribution in [0.25, 0.3) is 99.5 Å². The van der Waals surface area contributed by atoms with Crippen molar-refractivity contribution in [2.45, 2.75) is 72.1 Å². The number of benzene rings is 7. The Labute approximate surface area is 426 Å². The van der Waals surface area contributed by atoms with Crippen molar-refractivity contribution in [2.75, 3.05) is 6.54 Å². The topological polar surface area (TPSA) is 35.9 Å². The normalized spacial score (nSPS) is 15.5. The van der Waals surface area contributed by atoms with E-state index in [1.807, 2.05) is 6.08 Å². The minimum Gasteiger partial charge on any atom is -0.330 e. The predicted octanol–water partition coefficient (Wildman–Crippen LogP) is 18.6. The van der Waals surface area contributed by atoms with Gasteiger partial charge < -0.3 is 14.9 Å². The van der Waals surface area contributed by atoms with E-state index >= 15 is 0 Å². The Morgan fingerprint density at radius 2 is 1.26 bits per heavy atom. The van der Waals surface area contributed by atoms with Gasteiger partial charge in [-0.2, -0.15) is 0 Å². The average Bonchev–Trinajstić information content (AvgIpc) is 3.98. The molecule has 2 heterocycles. The smallest absolute Gasteiger partial charge is 0.0541 e. The van der Waals surface area contributed by atoms with Gasteiger partial charge in [-0.05, 0) is 187 Å². The lowest BCUT2D eigenvalue weighted by atomic mass is 9.84. The van der Waals surface area contributed by atoms with Crippen LogP contribution in [0, 0.1) is 18.3 Å². The molecule has 3 heteroatoms. The van der Waals surface area contributed by atoms with E-state index in [-0.39, 0.29) is 5.92 Å². The molecule has 2 aromatic heterocycles. The fourth-order valence-corrected chi connectivity index (χ4v) is 11.1. The first-order valence-electron chi connectivity index (χ1n) is 26.1. The number of nitrogens with zero attached hydrogens (tertiary/aromatic N) is 2. The second kappa shape index (κ2) is 22.0. The lowest BCUT2D eigenvalue weighted by Gasteiger charge is -2.22. The van der Waals surface area contributed by atoms with E-state index in [0.29, 0.717) is 6.54 Å². The maximum absolute atomic E-state index is 6.55. The minimum atomic E-state index is 0.257. The van der Waals surface area contributed by atoms with E-state index in [4.69, 9.17) is 12.2 Å². The highest BCUT2D eigenvalue weighted by atomic mass is 15.0. The predicted molar refractivity (Wildman–Crippen MR) is 313 cm³/mol. The molecule has 72 heavy (non-hydrogen) atoms. The molecule has 2 N–H and O–H groups in total. The summed E-state index contributed by atoms with van der Waals surface area (Å²) in [5.41, 5.74) is 25.8. The number of rotatable bonds is 14. The van der Waals surface area contributed by atoms with Crippen LogP contribution in [0.3, 0.4) is 0 Å². The Kier molecular flexibility index (Phi) is 14.6. The lowest BCUT2D eigenvalue weighted by Crippen LogP contribution is -2.16. The Hall–Kier alpha value is -7.90. The van der Waals surface area contributed by atoms with Gasteiger partial charge >= 0.3 is 0 Å². The van der Waals surface area contributed by atoms with Crippen molar-refractivity contribution in [3.8, 4) is 51.4 Å². The third-order valence-corrected chi connectivity index (χ3v) is 14.8. The molecule has 0 bridgehead atoms. The molecule has 0 spiro atoms. The van der Waals surface area contributed by atoms with Gasteiger partial charge in [0.2, 0.25) is 0 Å². The summed E-state index contributed by atoms with van der Waals surface area (Å²) in [7, 11) is 0. The van der Waals surface area contributed by atoms with Gasteiger partial charge in [-0.25, -0.2) is 0 Å².